The van der Waals surface area contributed by atoms with Gasteiger partial charge in [0.05, 0.1) is 7.11 Å². The minimum atomic E-state index is -0.214. The Morgan fingerprint density at radius 3 is 2.09 bits per heavy atom. The van der Waals surface area contributed by atoms with Crippen molar-refractivity contribution in [2.75, 3.05) is 14.2 Å². The van der Waals surface area contributed by atoms with Crippen LogP contribution in [-0.4, -0.2) is 30.1 Å². The molecule has 4 heteroatoms. The number of hydrogen-bond acceptors (Lipinski definition) is 2. The molecule has 1 N–H and O–H groups in total. The number of rotatable bonds is 4. The van der Waals surface area contributed by atoms with E-state index in [1.807, 2.05) is 66.7 Å². The normalized spacial score (nSPS) is 10.5. The molecule has 3 aromatic rings. The number of nitrogens with one attached hydrogen (secondary N) is 1. The molecule has 2 aromatic carbocycles. The summed E-state index contributed by atoms with van der Waals surface area (Å²) in [4.78, 5) is 20.9. The van der Waals surface area contributed by atoms with Crippen molar-refractivity contribution < 1.29 is 9.63 Å². The van der Waals surface area contributed by atoms with Crippen LogP contribution in [-0.2, 0) is 4.84 Å². The van der Waals surface area contributed by atoms with Gasteiger partial charge in [0.25, 0.3) is 5.91 Å². The molecular formula is C19H18N2O2. The van der Waals surface area contributed by atoms with Crippen molar-refractivity contribution in [1.29, 1.82) is 0 Å². The SMILES string of the molecule is CON(C)C(=O)c1[nH]c(-c2ccccc2)cc1-c1ccccc1. The number of hydrogen-bond donors (Lipinski definition) is 1. The first-order chi connectivity index (χ1) is 11.2. The fourth-order valence-electron chi connectivity index (χ4n) is 2.48. The Kier molecular flexibility index (Phi) is 4.26. The first-order valence-electron chi connectivity index (χ1n) is 7.36. The van der Waals surface area contributed by atoms with Crippen molar-refractivity contribution in [2.24, 2.45) is 0 Å². The van der Waals surface area contributed by atoms with Crippen molar-refractivity contribution in [1.82, 2.24) is 10.0 Å². The third kappa shape index (κ3) is 3.03. The van der Waals surface area contributed by atoms with Gasteiger partial charge in [-0.2, -0.15) is 0 Å². The lowest BCUT2D eigenvalue weighted by molar-refractivity contribution is -0.0759. The third-order valence-corrected chi connectivity index (χ3v) is 3.76. The highest BCUT2D eigenvalue weighted by Crippen LogP contribution is 2.30. The summed E-state index contributed by atoms with van der Waals surface area (Å²) in [6.07, 6.45) is 0. The number of nitrogens with zero attached hydrogens (tertiary/aromatic N) is 1. The Morgan fingerprint density at radius 1 is 0.957 bits per heavy atom. The smallest absolute Gasteiger partial charge is 0.294 e. The second-order valence-corrected chi connectivity index (χ2v) is 5.19. The molecule has 0 aliphatic heterocycles. The molecule has 0 saturated heterocycles. The van der Waals surface area contributed by atoms with E-state index in [9.17, 15) is 4.79 Å². The van der Waals surface area contributed by atoms with Gasteiger partial charge in [-0.25, -0.2) is 5.06 Å². The first kappa shape index (κ1) is 15.1. The Morgan fingerprint density at radius 2 is 1.52 bits per heavy atom. The van der Waals surface area contributed by atoms with E-state index < -0.39 is 0 Å². The number of H-pyrrole nitrogens is 1. The van der Waals surface area contributed by atoms with Crippen molar-refractivity contribution in [3.63, 3.8) is 0 Å². The van der Waals surface area contributed by atoms with E-state index >= 15 is 0 Å². The molecule has 0 bridgehead atoms. The van der Waals surface area contributed by atoms with Crippen LogP contribution in [0.5, 0.6) is 0 Å². The summed E-state index contributed by atoms with van der Waals surface area (Å²) in [5, 5.41) is 1.22. The van der Waals surface area contributed by atoms with Gasteiger partial charge < -0.3 is 4.98 Å². The topological polar surface area (TPSA) is 45.3 Å². The minimum absolute atomic E-state index is 0.214. The molecule has 0 saturated carbocycles. The molecule has 4 nitrogen and oxygen atoms in total. The van der Waals surface area contributed by atoms with Gasteiger partial charge in [-0.05, 0) is 17.2 Å². The fraction of sp³-hybridized carbons (Fsp3) is 0.105. The number of hydroxylamine groups is 2. The highest BCUT2D eigenvalue weighted by molar-refractivity contribution is 6.00. The lowest BCUT2D eigenvalue weighted by Crippen LogP contribution is -2.26. The number of carbonyl (C=O) groups excluding carboxylic acids is 1. The highest BCUT2D eigenvalue weighted by Gasteiger charge is 2.20. The number of benzene rings is 2. The van der Waals surface area contributed by atoms with Crippen LogP contribution in [0.15, 0.2) is 66.7 Å². The van der Waals surface area contributed by atoms with Gasteiger partial charge in [0.1, 0.15) is 5.69 Å². The van der Waals surface area contributed by atoms with Gasteiger partial charge in [0.15, 0.2) is 0 Å². The molecular weight excluding hydrogens is 288 g/mol. The van der Waals surface area contributed by atoms with Crippen LogP contribution in [0.25, 0.3) is 22.4 Å². The van der Waals surface area contributed by atoms with E-state index in [-0.39, 0.29) is 5.91 Å². The standard InChI is InChI=1S/C19H18N2O2/c1-21(23-2)19(22)18-16(14-9-5-3-6-10-14)13-17(20-18)15-11-7-4-8-12-15/h3-13,20H,1-2H3. The molecule has 1 amide bonds. The van der Waals surface area contributed by atoms with Gasteiger partial charge in [0.2, 0.25) is 0 Å². The number of aromatic amines is 1. The molecule has 0 radical (unpaired) electrons. The van der Waals surface area contributed by atoms with Crippen LogP contribution < -0.4 is 0 Å². The predicted octanol–water partition coefficient (Wildman–Crippen LogP) is 3.98. The third-order valence-electron chi connectivity index (χ3n) is 3.76. The van der Waals surface area contributed by atoms with Crippen LogP contribution in [0.2, 0.25) is 0 Å². The minimum Gasteiger partial charge on any atom is -0.350 e. The molecule has 0 spiro atoms. The summed E-state index contributed by atoms with van der Waals surface area (Å²) >= 11 is 0. The molecule has 3 rings (SSSR count). The molecule has 0 fully saturated rings. The average Bonchev–Trinajstić information content (AvgIpc) is 3.07. The van der Waals surface area contributed by atoms with E-state index in [4.69, 9.17) is 4.84 Å². The van der Waals surface area contributed by atoms with E-state index in [1.54, 1.807) is 7.05 Å². The first-order valence-corrected chi connectivity index (χ1v) is 7.36. The second kappa shape index (κ2) is 6.50. The van der Waals surface area contributed by atoms with Crippen molar-refractivity contribution in [3.8, 4) is 22.4 Å². The lowest BCUT2D eigenvalue weighted by atomic mass is 10.0. The van der Waals surface area contributed by atoms with Crippen LogP contribution >= 0.6 is 0 Å². The largest absolute Gasteiger partial charge is 0.350 e. The van der Waals surface area contributed by atoms with Crippen molar-refractivity contribution in [3.05, 3.63) is 72.4 Å². The summed E-state index contributed by atoms with van der Waals surface area (Å²) in [7, 11) is 3.07. The summed E-state index contributed by atoms with van der Waals surface area (Å²) < 4.78 is 0. The second-order valence-electron chi connectivity index (χ2n) is 5.19. The van der Waals surface area contributed by atoms with Crippen molar-refractivity contribution >= 4 is 5.91 Å². The quantitative estimate of drug-likeness (QED) is 0.741. The number of carbonyl (C=O) groups is 1. The molecule has 1 heterocycles. The predicted molar refractivity (Wildman–Crippen MR) is 90.8 cm³/mol. The number of aromatic nitrogens is 1. The zero-order valence-corrected chi connectivity index (χ0v) is 13.1. The molecule has 0 unspecified atom stereocenters. The maximum atomic E-state index is 12.6. The Bertz CT molecular complexity index is 795. The molecule has 0 aliphatic rings. The van der Waals surface area contributed by atoms with Gasteiger partial charge in [-0.1, -0.05) is 60.7 Å². The Hall–Kier alpha value is -2.85. The van der Waals surface area contributed by atoms with E-state index in [0.717, 1.165) is 22.4 Å². The number of amides is 1. The van der Waals surface area contributed by atoms with Crippen LogP contribution in [0.3, 0.4) is 0 Å². The van der Waals surface area contributed by atoms with Crippen LogP contribution in [0, 0.1) is 0 Å². The Labute approximate surface area is 135 Å². The molecule has 1 aromatic heterocycles. The molecule has 23 heavy (non-hydrogen) atoms. The maximum absolute atomic E-state index is 12.6. The van der Waals surface area contributed by atoms with E-state index in [1.165, 1.54) is 12.2 Å². The van der Waals surface area contributed by atoms with Crippen LogP contribution in [0.1, 0.15) is 10.5 Å². The zero-order valence-electron chi connectivity index (χ0n) is 13.1. The molecule has 0 atom stereocenters. The summed E-state index contributed by atoms with van der Waals surface area (Å²) in [6, 6.07) is 21.8. The molecule has 116 valence electrons. The van der Waals surface area contributed by atoms with E-state index in [0.29, 0.717) is 5.69 Å². The van der Waals surface area contributed by atoms with Gasteiger partial charge in [-0.3, -0.25) is 9.63 Å². The lowest BCUT2D eigenvalue weighted by Gasteiger charge is -2.13. The monoisotopic (exact) mass is 306 g/mol. The average molecular weight is 306 g/mol. The fourth-order valence-corrected chi connectivity index (χ4v) is 2.48. The van der Waals surface area contributed by atoms with Gasteiger partial charge in [0, 0.05) is 18.3 Å². The van der Waals surface area contributed by atoms with Crippen molar-refractivity contribution in [2.45, 2.75) is 0 Å². The maximum Gasteiger partial charge on any atom is 0.294 e. The summed E-state index contributed by atoms with van der Waals surface area (Å²) in [6.45, 7) is 0. The van der Waals surface area contributed by atoms with Gasteiger partial charge >= 0.3 is 0 Å². The zero-order chi connectivity index (χ0) is 16.2. The molecule has 0 aliphatic carbocycles. The highest BCUT2D eigenvalue weighted by atomic mass is 16.7. The van der Waals surface area contributed by atoms with Gasteiger partial charge in [-0.15, -0.1) is 0 Å². The Balaban J connectivity index is 2.13. The van der Waals surface area contributed by atoms with E-state index in [2.05, 4.69) is 4.98 Å². The summed E-state index contributed by atoms with van der Waals surface area (Å²) in [5.41, 5.74) is 4.29. The van der Waals surface area contributed by atoms with Crippen LogP contribution in [0.4, 0.5) is 0 Å². The summed E-state index contributed by atoms with van der Waals surface area (Å²) in [5.74, 6) is -0.214.